The maximum Gasteiger partial charge on any atom is 0.284 e. The summed E-state index contributed by atoms with van der Waals surface area (Å²) < 4.78 is 32.0. The Hall–Kier alpha value is -4.21. The van der Waals surface area contributed by atoms with E-state index in [1.54, 1.807) is 60.7 Å². The number of nitrogens with zero attached hydrogens (tertiary/aromatic N) is 1. The van der Waals surface area contributed by atoms with E-state index < -0.39 is 15.9 Å². The van der Waals surface area contributed by atoms with Crippen molar-refractivity contribution in [1.82, 2.24) is 0 Å². The number of halogens is 1. The molecule has 0 spiro atoms. The van der Waals surface area contributed by atoms with Crippen LogP contribution < -0.4 is 16.4 Å². The van der Waals surface area contributed by atoms with Gasteiger partial charge in [0.1, 0.15) is 5.57 Å². The normalized spacial score (nSPS) is 12.4. The first-order valence-electron chi connectivity index (χ1n) is 12.4. The number of rotatable bonds is 7. The number of hydrogen-bond acceptors (Lipinski definition) is 4. The molecule has 9 heteroatoms. The van der Waals surface area contributed by atoms with E-state index in [0.717, 1.165) is 21.2 Å². The van der Waals surface area contributed by atoms with Crippen LogP contribution in [0.15, 0.2) is 116 Å². The van der Waals surface area contributed by atoms with E-state index in [1.807, 2.05) is 45.0 Å². The second-order valence-electron chi connectivity index (χ2n) is 9.33. The Kier molecular flexibility index (Phi) is 8.86. The molecule has 1 amide bonds. The first-order valence-corrected chi connectivity index (χ1v) is 14.6. The maximum atomic E-state index is 13.9. The van der Waals surface area contributed by atoms with Crippen molar-refractivity contribution in [2.75, 3.05) is 10.6 Å². The molecular formula is C31H29BrN4O3S. The van der Waals surface area contributed by atoms with Gasteiger partial charge in [-0.2, -0.15) is 8.42 Å². The number of amidine groups is 1. The fourth-order valence-electron chi connectivity index (χ4n) is 3.75. The SMILES string of the molecule is Cc1ccc(NC(=O)C(=C(\N)c2ccc(C)cc2)/C(=N\S(=O)(=O)c2ccc(C)cc2)Nc2ccc(Br)cc2)cc1. The molecule has 0 unspecified atom stereocenters. The van der Waals surface area contributed by atoms with Crippen molar-refractivity contribution < 1.29 is 13.2 Å². The van der Waals surface area contributed by atoms with Crippen molar-refractivity contribution in [3.63, 3.8) is 0 Å². The molecule has 0 atom stereocenters. The molecule has 4 rings (SSSR count). The lowest BCUT2D eigenvalue weighted by atomic mass is 10.0. The number of nitrogens with two attached hydrogens (primary N) is 1. The predicted molar refractivity (Wildman–Crippen MR) is 166 cm³/mol. The van der Waals surface area contributed by atoms with Gasteiger partial charge in [-0.15, -0.1) is 4.40 Å². The van der Waals surface area contributed by atoms with E-state index in [-0.39, 0.29) is 22.0 Å². The minimum absolute atomic E-state index is 0.0135. The van der Waals surface area contributed by atoms with Crippen LogP contribution in [0.3, 0.4) is 0 Å². The fraction of sp³-hybridized carbons (Fsp3) is 0.0968. The first kappa shape index (κ1) is 28.8. The summed E-state index contributed by atoms with van der Waals surface area (Å²) in [7, 11) is -4.24. The van der Waals surface area contributed by atoms with Gasteiger partial charge in [-0.05, 0) is 74.9 Å². The highest BCUT2D eigenvalue weighted by Gasteiger charge is 2.25. The minimum atomic E-state index is -4.24. The molecule has 0 saturated heterocycles. The number of amides is 1. The molecule has 0 aliphatic carbocycles. The lowest BCUT2D eigenvalue weighted by Crippen LogP contribution is -2.29. The summed E-state index contributed by atoms with van der Waals surface area (Å²) in [5.41, 5.74) is 11.1. The molecule has 4 aromatic rings. The van der Waals surface area contributed by atoms with Crippen LogP contribution in [-0.2, 0) is 14.8 Å². The highest BCUT2D eigenvalue weighted by Crippen LogP contribution is 2.23. The van der Waals surface area contributed by atoms with Crippen LogP contribution in [-0.4, -0.2) is 20.2 Å². The molecule has 4 N–H and O–H groups in total. The van der Waals surface area contributed by atoms with Gasteiger partial charge in [0.25, 0.3) is 15.9 Å². The molecule has 0 radical (unpaired) electrons. The van der Waals surface area contributed by atoms with Crippen molar-refractivity contribution in [3.8, 4) is 0 Å². The van der Waals surface area contributed by atoms with E-state index in [1.165, 1.54) is 12.1 Å². The van der Waals surface area contributed by atoms with Gasteiger partial charge < -0.3 is 16.4 Å². The summed E-state index contributed by atoms with van der Waals surface area (Å²) in [6.07, 6.45) is 0. The summed E-state index contributed by atoms with van der Waals surface area (Å²) in [5.74, 6) is -0.838. The zero-order chi connectivity index (χ0) is 28.9. The molecule has 204 valence electrons. The summed E-state index contributed by atoms with van der Waals surface area (Å²) >= 11 is 3.40. The Morgan fingerprint density at radius 1 is 0.700 bits per heavy atom. The van der Waals surface area contributed by atoms with E-state index in [2.05, 4.69) is 31.0 Å². The van der Waals surface area contributed by atoms with Crippen LogP contribution in [0.4, 0.5) is 11.4 Å². The van der Waals surface area contributed by atoms with E-state index in [0.29, 0.717) is 16.9 Å². The van der Waals surface area contributed by atoms with Crippen LogP contribution in [0.5, 0.6) is 0 Å². The molecular weight excluding hydrogens is 588 g/mol. The van der Waals surface area contributed by atoms with E-state index in [9.17, 15) is 13.2 Å². The number of aryl methyl sites for hydroxylation is 3. The third-order valence-corrected chi connectivity index (χ3v) is 7.86. The van der Waals surface area contributed by atoms with Gasteiger partial charge in [0, 0.05) is 15.8 Å². The lowest BCUT2D eigenvalue weighted by Gasteiger charge is -2.17. The Labute approximate surface area is 243 Å². The van der Waals surface area contributed by atoms with Crippen LogP contribution >= 0.6 is 15.9 Å². The van der Waals surface area contributed by atoms with Gasteiger partial charge in [-0.3, -0.25) is 4.79 Å². The van der Waals surface area contributed by atoms with Crippen LogP contribution in [0.1, 0.15) is 22.3 Å². The summed E-state index contributed by atoms with van der Waals surface area (Å²) in [6.45, 7) is 5.73. The van der Waals surface area contributed by atoms with Crippen LogP contribution in [0, 0.1) is 20.8 Å². The molecule has 4 aromatic carbocycles. The smallest absolute Gasteiger partial charge is 0.284 e. The zero-order valence-corrected chi connectivity index (χ0v) is 24.7. The van der Waals surface area contributed by atoms with Crippen molar-refractivity contribution in [3.05, 3.63) is 129 Å². The van der Waals surface area contributed by atoms with Crippen LogP contribution in [0.2, 0.25) is 0 Å². The second kappa shape index (κ2) is 12.3. The maximum absolute atomic E-state index is 13.9. The Bertz CT molecular complexity index is 1680. The highest BCUT2D eigenvalue weighted by atomic mass is 79.9. The van der Waals surface area contributed by atoms with Crippen molar-refractivity contribution in [1.29, 1.82) is 0 Å². The molecule has 0 aliphatic heterocycles. The number of hydrogen-bond donors (Lipinski definition) is 3. The van der Waals surface area contributed by atoms with E-state index >= 15 is 0 Å². The Morgan fingerprint density at radius 2 is 1.15 bits per heavy atom. The van der Waals surface area contributed by atoms with Crippen LogP contribution in [0.25, 0.3) is 5.70 Å². The third kappa shape index (κ3) is 7.25. The molecule has 0 aromatic heterocycles. The van der Waals surface area contributed by atoms with E-state index in [4.69, 9.17) is 5.73 Å². The third-order valence-electron chi connectivity index (χ3n) is 6.04. The molecule has 40 heavy (non-hydrogen) atoms. The number of carbonyl (C=O) groups excluding carboxylic acids is 1. The summed E-state index contributed by atoms with van der Waals surface area (Å²) in [5, 5.41) is 5.87. The molecule has 7 nitrogen and oxygen atoms in total. The molecule has 0 saturated carbocycles. The summed E-state index contributed by atoms with van der Waals surface area (Å²) in [6, 6.07) is 27.9. The molecule has 0 bridgehead atoms. The minimum Gasteiger partial charge on any atom is -0.397 e. The van der Waals surface area contributed by atoms with Crippen molar-refractivity contribution in [2.45, 2.75) is 25.7 Å². The number of carbonyl (C=O) groups is 1. The fourth-order valence-corrected chi connectivity index (χ4v) is 4.98. The molecule has 0 fully saturated rings. The van der Waals surface area contributed by atoms with Gasteiger partial charge in [-0.1, -0.05) is 81.2 Å². The Morgan fingerprint density at radius 3 is 1.70 bits per heavy atom. The van der Waals surface area contributed by atoms with Crippen molar-refractivity contribution >= 4 is 54.8 Å². The van der Waals surface area contributed by atoms with Gasteiger partial charge in [0.2, 0.25) is 0 Å². The quantitative estimate of drug-likeness (QED) is 0.123. The topological polar surface area (TPSA) is 114 Å². The first-order chi connectivity index (χ1) is 19.0. The standard InChI is InChI=1S/C31H29BrN4O3S/c1-20-4-10-23(11-5-20)29(33)28(31(37)35-26-14-6-21(2)7-15-26)30(34-25-16-12-24(32)13-17-25)36-40(38,39)27-18-8-22(3)9-19-27/h4-19H,33H2,1-3H3,(H,34,36)(H,35,37)/b29-28-. The number of nitrogens with one attached hydrogen (secondary N) is 2. The predicted octanol–water partition coefficient (Wildman–Crippen LogP) is 6.58. The monoisotopic (exact) mass is 616 g/mol. The number of sulfonamides is 1. The van der Waals surface area contributed by atoms with Gasteiger partial charge in [-0.25, -0.2) is 0 Å². The molecule has 0 aliphatic rings. The average molecular weight is 618 g/mol. The van der Waals surface area contributed by atoms with Gasteiger partial charge >= 0.3 is 0 Å². The summed E-state index contributed by atoms with van der Waals surface area (Å²) in [4.78, 5) is 13.8. The number of benzene rings is 4. The van der Waals surface area contributed by atoms with Gasteiger partial charge in [0.05, 0.1) is 10.6 Å². The molecule has 0 heterocycles. The zero-order valence-electron chi connectivity index (χ0n) is 22.3. The van der Waals surface area contributed by atoms with Gasteiger partial charge in [0.15, 0.2) is 5.84 Å². The highest BCUT2D eigenvalue weighted by molar-refractivity contribution is 9.10. The second-order valence-corrected chi connectivity index (χ2v) is 11.9. The lowest BCUT2D eigenvalue weighted by molar-refractivity contribution is -0.112. The Balaban J connectivity index is 1.92. The average Bonchev–Trinajstić information content (AvgIpc) is 2.92. The van der Waals surface area contributed by atoms with Crippen molar-refractivity contribution in [2.24, 2.45) is 10.1 Å². The number of anilines is 2. The largest absolute Gasteiger partial charge is 0.397 e.